The second-order valence-corrected chi connectivity index (χ2v) is 10.0. The summed E-state index contributed by atoms with van der Waals surface area (Å²) < 4.78 is 12.0. The lowest BCUT2D eigenvalue weighted by molar-refractivity contribution is -0.134. The van der Waals surface area contributed by atoms with E-state index in [1.165, 1.54) is 49.1 Å². The number of aromatic nitrogens is 1. The maximum atomic E-state index is 9.55. The van der Waals surface area contributed by atoms with E-state index in [1.54, 1.807) is 18.4 Å². The fourth-order valence-corrected chi connectivity index (χ4v) is 5.64. The number of aliphatic carboxylic acids is 2. The van der Waals surface area contributed by atoms with Gasteiger partial charge in [-0.25, -0.2) is 9.59 Å². The largest absolute Gasteiger partial charge is 0.496 e. The van der Waals surface area contributed by atoms with Gasteiger partial charge in [0.15, 0.2) is 0 Å². The van der Waals surface area contributed by atoms with Crippen molar-refractivity contribution >= 4 is 23.3 Å². The highest BCUT2D eigenvalue weighted by Crippen LogP contribution is 2.47. The lowest BCUT2D eigenvalue weighted by atomic mass is 9.72. The van der Waals surface area contributed by atoms with Crippen LogP contribution in [0.25, 0.3) is 0 Å². The van der Waals surface area contributed by atoms with E-state index >= 15 is 0 Å². The molecule has 3 N–H and O–H groups in total. The lowest BCUT2D eigenvalue weighted by Gasteiger charge is -2.45. The molecule has 4 rings (SSSR count). The van der Waals surface area contributed by atoms with E-state index in [9.17, 15) is 9.59 Å². The minimum Gasteiger partial charge on any atom is -0.496 e. The van der Waals surface area contributed by atoms with Crippen molar-refractivity contribution in [1.82, 2.24) is 10.3 Å². The first kappa shape index (κ1) is 26.8. The summed E-state index contributed by atoms with van der Waals surface area (Å²) in [4.78, 5) is 25.1. The topological polar surface area (TPSA) is 118 Å². The second kappa shape index (κ2) is 12.8. The summed E-state index contributed by atoms with van der Waals surface area (Å²) in [5.74, 6) is -1.53. The number of nitrogens with one attached hydrogen (secondary N) is 1. The van der Waals surface area contributed by atoms with Crippen molar-refractivity contribution in [3.8, 4) is 5.75 Å². The van der Waals surface area contributed by atoms with Crippen molar-refractivity contribution < 1.29 is 29.3 Å². The number of thiophene rings is 1. The van der Waals surface area contributed by atoms with Gasteiger partial charge in [0.25, 0.3) is 0 Å². The molecule has 2 aromatic rings. The van der Waals surface area contributed by atoms with Crippen LogP contribution in [-0.4, -0.2) is 53.0 Å². The Morgan fingerprint density at radius 3 is 2.46 bits per heavy atom. The zero-order valence-electron chi connectivity index (χ0n) is 20.1. The number of pyridine rings is 1. The van der Waals surface area contributed by atoms with Crippen LogP contribution in [0.1, 0.15) is 55.5 Å². The van der Waals surface area contributed by atoms with E-state index in [1.807, 2.05) is 18.3 Å². The molecule has 0 bridgehead atoms. The number of methoxy groups -OCH3 is 1. The van der Waals surface area contributed by atoms with Gasteiger partial charge in [0.2, 0.25) is 0 Å². The van der Waals surface area contributed by atoms with Gasteiger partial charge in [-0.05, 0) is 62.2 Å². The second-order valence-electron chi connectivity index (χ2n) is 9.02. The molecule has 190 valence electrons. The molecule has 2 aromatic heterocycles. The van der Waals surface area contributed by atoms with Crippen molar-refractivity contribution in [3.05, 3.63) is 58.6 Å². The zero-order valence-corrected chi connectivity index (χ0v) is 20.9. The smallest absolute Gasteiger partial charge is 0.328 e. The van der Waals surface area contributed by atoms with Crippen LogP contribution >= 0.6 is 11.3 Å². The van der Waals surface area contributed by atoms with Crippen molar-refractivity contribution in [3.63, 3.8) is 0 Å². The molecule has 1 saturated heterocycles. The lowest BCUT2D eigenvalue weighted by Crippen LogP contribution is -2.47. The predicted molar refractivity (Wildman–Crippen MR) is 134 cm³/mol. The Bertz CT molecular complexity index is 959. The summed E-state index contributed by atoms with van der Waals surface area (Å²) in [7, 11) is 1.74. The highest BCUT2D eigenvalue weighted by atomic mass is 32.1. The van der Waals surface area contributed by atoms with E-state index < -0.39 is 11.9 Å². The molecular formula is C26H34N2O6S. The van der Waals surface area contributed by atoms with Crippen LogP contribution in [0, 0.1) is 0 Å². The molecular weight excluding hydrogens is 468 g/mol. The monoisotopic (exact) mass is 502 g/mol. The van der Waals surface area contributed by atoms with E-state index in [0.717, 1.165) is 31.9 Å². The standard InChI is InChI=1S/C22H30N2O2S.C4H4O4/c1-25-18-7-15-27-19(18)16-23-14-12-21(20-6-2-5-13-24-20)10-11-22(26-17-21)8-3-4-9-22;5-3(6)1-2-4(7)8/h2,5-7,13,15,23H,3-4,8-12,14,16-17H2,1H3;1-2H,(H,5,6)(H,7,8)/b;2-1+/t21-;/m1./s1. The number of hydrogen-bond donors (Lipinski definition) is 3. The van der Waals surface area contributed by atoms with Gasteiger partial charge in [0, 0.05) is 36.0 Å². The summed E-state index contributed by atoms with van der Waals surface area (Å²) in [6, 6.07) is 8.32. The minimum atomic E-state index is -1.26. The SMILES string of the molecule is COc1ccsc1CNCC[C@]1(c2ccccn2)CCC2(CCCC2)OC1.O=C(O)/C=C/C(=O)O. The first-order chi connectivity index (χ1) is 16.9. The molecule has 1 aliphatic carbocycles. The fraction of sp³-hybridized carbons (Fsp3) is 0.500. The van der Waals surface area contributed by atoms with Crippen LogP contribution < -0.4 is 10.1 Å². The van der Waals surface area contributed by atoms with E-state index in [-0.39, 0.29) is 11.0 Å². The Morgan fingerprint density at radius 2 is 1.89 bits per heavy atom. The number of ether oxygens (including phenoxy) is 2. The third-order valence-electron chi connectivity index (χ3n) is 6.80. The van der Waals surface area contributed by atoms with Gasteiger partial charge >= 0.3 is 11.9 Å². The van der Waals surface area contributed by atoms with Gasteiger partial charge in [-0.2, -0.15) is 0 Å². The molecule has 8 nitrogen and oxygen atoms in total. The normalized spacial score (nSPS) is 20.9. The number of rotatable bonds is 9. The molecule has 0 aromatic carbocycles. The number of hydrogen-bond acceptors (Lipinski definition) is 7. The van der Waals surface area contributed by atoms with Crippen LogP contribution in [0.3, 0.4) is 0 Å². The van der Waals surface area contributed by atoms with Crippen molar-refractivity contribution in [2.75, 3.05) is 20.3 Å². The van der Waals surface area contributed by atoms with Gasteiger partial charge < -0.3 is 25.0 Å². The van der Waals surface area contributed by atoms with Crippen LogP contribution in [0.2, 0.25) is 0 Å². The highest BCUT2D eigenvalue weighted by Gasteiger charge is 2.46. The van der Waals surface area contributed by atoms with E-state index in [0.29, 0.717) is 12.2 Å². The third kappa shape index (κ3) is 7.62. The Hall–Kier alpha value is -2.75. The van der Waals surface area contributed by atoms with Crippen LogP contribution in [0.15, 0.2) is 48.0 Å². The first-order valence-electron chi connectivity index (χ1n) is 11.9. The molecule has 1 saturated carbocycles. The van der Waals surface area contributed by atoms with Crippen molar-refractivity contribution in [1.29, 1.82) is 0 Å². The fourth-order valence-electron chi connectivity index (χ4n) is 4.83. The van der Waals surface area contributed by atoms with Crippen molar-refractivity contribution in [2.24, 2.45) is 0 Å². The summed E-state index contributed by atoms with van der Waals surface area (Å²) in [6.45, 7) is 2.60. The quantitative estimate of drug-likeness (QED) is 0.341. The molecule has 2 fully saturated rings. The maximum Gasteiger partial charge on any atom is 0.328 e. The van der Waals surface area contributed by atoms with E-state index in [2.05, 4.69) is 22.8 Å². The molecule has 1 atom stereocenters. The maximum absolute atomic E-state index is 9.55. The summed E-state index contributed by atoms with van der Waals surface area (Å²) in [6.07, 6.45) is 11.5. The molecule has 0 radical (unpaired) electrons. The Labute approximate surface area is 210 Å². The molecule has 3 heterocycles. The van der Waals surface area contributed by atoms with Crippen LogP contribution in [0.5, 0.6) is 5.75 Å². The Balaban J connectivity index is 0.000000371. The van der Waals surface area contributed by atoms with Crippen LogP contribution in [0.4, 0.5) is 0 Å². The molecule has 1 spiro atoms. The first-order valence-corrected chi connectivity index (χ1v) is 12.8. The predicted octanol–water partition coefficient (Wildman–Crippen LogP) is 4.40. The zero-order chi connectivity index (χ0) is 25.2. The third-order valence-corrected chi connectivity index (χ3v) is 7.70. The molecule has 1 aliphatic heterocycles. The molecule has 0 unspecified atom stereocenters. The molecule has 35 heavy (non-hydrogen) atoms. The van der Waals surface area contributed by atoms with Crippen molar-refractivity contribution in [2.45, 2.75) is 62.5 Å². The summed E-state index contributed by atoms with van der Waals surface area (Å²) in [5, 5.41) is 21.3. The average Bonchev–Trinajstić information content (AvgIpc) is 3.52. The molecule has 0 amide bonds. The van der Waals surface area contributed by atoms with E-state index in [4.69, 9.17) is 24.7 Å². The molecule has 2 aliphatic rings. The van der Waals surface area contributed by atoms with Gasteiger partial charge in [0.05, 0.1) is 24.2 Å². The van der Waals surface area contributed by atoms with Crippen LogP contribution in [-0.2, 0) is 26.3 Å². The Morgan fingerprint density at radius 1 is 1.14 bits per heavy atom. The minimum absolute atomic E-state index is 0.0294. The Kier molecular flexibility index (Phi) is 9.83. The number of carboxylic acids is 2. The average molecular weight is 503 g/mol. The van der Waals surface area contributed by atoms with Gasteiger partial charge in [-0.3, -0.25) is 4.98 Å². The number of carbonyl (C=O) groups is 2. The molecule has 9 heteroatoms. The van der Waals surface area contributed by atoms with Gasteiger partial charge in [0.1, 0.15) is 5.75 Å². The van der Waals surface area contributed by atoms with Gasteiger partial charge in [-0.15, -0.1) is 11.3 Å². The number of nitrogens with zero attached hydrogens (tertiary/aromatic N) is 1. The summed E-state index contributed by atoms with van der Waals surface area (Å²) in [5.41, 5.74) is 1.38. The highest BCUT2D eigenvalue weighted by molar-refractivity contribution is 7.10. The number of carboxylic acid groups (broad SMARTS) is 2. The van der Waals surface area contributed by atoms with Gasteiger partial charge in [-0.1, -0.05) is 18.9 Å². The summed E-state index contributed by atoms with van der Waals surface area (Å²) >= 11 is 1.74.